The summed E-state index contributed by atoms with van der Waals surface area (Å²) in [5, 5.41) is 16.3. The zero-order valence-corrected chi connectivity index (χ0v) is 17.7. The minimum atomic E-state index is -1.61. The van der Waals surface area contributed by atoms with Gasteiger partial charge in [0.2, 0.25) is 23.5 Å². The Bertz CT molecular complexity index is 788. The predicted molar refractivity (Wildman–Crippen MR) is 111 cm³/mol. The molecular weight excluding hydrogens is 390 g/mol. The van der Waals surface area contributed by atoms with Crippen molar-refractivity contribution in [1.82, 2.24) is 10.6 Å². The number of nitrogens with one attached hydrogen (secondary N) is 3. The zero-order valence-electron chi connectivity index (χ0n) is 17.7. The molecule has 164 valence electrons. The van der Waals surface area contributed by atoms with Crippen LogP contribution in [0.1, 0.15) is 46.1 Å². The maximum atomic E-state index is 12.6. The molecule has 4 N–H and O–H groups in total. The van der Waals surface area contributed by atoms with Gasteiger partial charge in [0.1, 0.15) is 12.1 Å². The first-order valence-corrected chi connectivity index (χ1v) is 9.80. The molecular formula is C21H29N3O6. The number of ketones is 1. The van der Waals surface area contributed by atoms with E-state index in [0.29, 0.717) is 5.69 Å². The summed E-state index contributed by atoms with van der Waals surface area (Å²) in [7, 11) is 0. The Kier molecular flexibility index (Phi) is 9.67. The van der Waals surface area contributed by atoms with E-state index >= 15 is 0 Å². The third-order valence-corrected chi connectivity index (χ3v) is 4.47. The molecule has 0 spiro atoms. The normalized spacial score (nSPS) is 12.6. The third kappa shape index (κ3) is 8.02. The largest absolute Gasteiger partial charge is 0.476 e. The van der Waals surface area contributed by atoms with Crippen LogP contribution in [0.4, 0.5) is 5.69 Å². The Morgan fingerprint density at radius 3 is 2.00 bits per heavy atom. The van der Waals surface area contributed by atoms with Crippen molar-refractivity contribution in [2.75, 3.05) is 5.32 Å². The lowest BCUT2D eigenvalue weighted by Gasteiger charge is -2.23. The van der Waals surface area contributed by atoms with Crippen LogP contribution in [0.15, 0.2) is 24.3 Å². The van der Waals surface area contributed by atoms with Crippen LogP contribution in [0, 0.1) is 5.92 Å². The number of Topliss-reactive ketones (excluding diaryl/α,β-unsaturated/α-hetero) is 1. The third-order valence-electron chi connectivity index (χ3n) is 4.47. The topological polar surface area (TPSA) is 142 Å². The smallest absolute Gasteiger partial charge is 0.372 e. The molecule has 2 atom stereocenters. The van der Waals surface area contributed by atoms with Gasteiger partial charge in [-0.25, -0.2) is 4.79 Å². The minimum absolute atomic E-state index is 0.291. The molecule has 0 aliphatic heterocycles. The molecule has 0 saturated carbocycles. The molecule has 0 aliphatic rings. The molecule has 1 rings (SSSR count). The van der Waals surface area contributed by atoms with E-state index in [1.807, 2.05) is 19.1 Å². The number of rotatable bonds is 11. The molecule has 9 nitrogen and oxygen atoms in total. The van der Waals surface area contributed by atoms with Crippen LogP contribution in [-0.4, -0.2) is 46.7 Å². The van der Waals surface area contributed by atoms with Crippen molar-refractivity contribution in [3.63, 3.8) is 0 Å². The van der Waals surface area contributed by atoms with Gasteiger partial charge in [-0.1, -0.05) is 32.9 Å². The number of aliphatic carboxylic acids is 1. The number of carbonyl (C=O) groups excluding carboxylic acids is 4. The first-order valence-electron chi connectivity index (χ1n) is 9.80. The van der Waals surface area contributed by atoms with E-state index in [4.69, 9.17) is 5.11 Å². The van der Waals surface area contributed by atoms with Gasteiger partial charge in [0, 0.05) is 18.5 Å². The summed E-state index contributed by atoms with van der Waals surface area (Å²) in [6.07, 6.45) is 0.0854. The van der Waals surface area contributed by atoms with E-state index in [9.17, 15) is 24.0 Å². The van der Waals surface area contributed by atoms with Gasteiger partial charge in [-0.15, -0.1) is 0 Å². The van der Waals surface area contributed by atoms with Gasteiger partial charge in [-0.05, 0) is 37.0 Å². The number of carboxylic acid groups (broad SMARTS) is 1. The van der Waals surface area contributed by atoms with Crippen molar-refractivity contribution in [1.29, 1.82) is 0 Å². The highest BCUT2D eigenvalue weighted by atomic mass is 16.4. The average molecular weight is 419 g/mol. The van der Waals surface area contributed by atoms with Crippen LogP contribution in [0.3, 0.4) is 0 Å². The number of amides is 3. The standard InChI is InChI=1S/C21H29N3O6/c1-5-14-6-8-15(9-7-14)23-19(27)13(4)22-20(28)18(12(2)3)24-17(26)11-10-16(25)21(29)30/h6-9,12-13,18H,5,10-11H2,1-4H3,(H,22,28)(H,23,27)(H,24,26)(H,29,30). The summed E-state index contributed by atoms with van der Waals surface area (Å²) < 4.78 is 0. The van der Waals surface area contributed by atoms with E-state index < -0.39 is 48.0 Å². The van der Waals surface area contributed by atoms with Crippen LogP contribution in [0.2, 0.25) is 0 Å². The monoisotopic (exact) mass is 419 g/mol. The number of hydrogen-bond acceptors (Lipinski definition) is 5. The van der Waals surface area contributed by atoms with Crippen LogP contribution in [0.25, 0.3) is 0 Å². The molecule has 0 aliphatic carbocycles. The van der Waals surface area contributed by atoms with Crippen molar-refractivity contribution in [2.24, 2.45) is 5.92 Å². The molecule has 3 amide bonds. The van der Waals surface area contributed by atoms with Gasteiger partial charge < -0.3 is 21.1 Å². The van der Waals surface area contributed by atoms with Crippen molar-refractivity contribution in [3.8, 4) is 0 Å². The molecule has 0 saturated heterocycles. The zero-order chi connectivity index (χ0) is 22.8. The molecule has 0 bridgehead atoms. The van der Waals surface area contributed by atoms with Crippen molar-refractivity contribution >= 4 is 35.2 Å². The minimum Gasteiger partial charge on any atom is -0.476 e. The van der Waals surface area contributed by atoms with Gasteiger partial charge in [-0.2, -0.15) is 0 Å². The summed E-state index contributed by atoms with van der Waals surface area (Å²) in [4.78, 5) is 58.5. The maximum absolute atomic E-state index is 12.6. The van der Waals surface area contributed by atoms with Gasteiger partial charge >= 0.3 is 5.97 Å². The fourth-order valence-corrected chi connectivity index (χ4v) is 2.56. The Hall–Kier alpha value is -3.23. The van der Waals surface area contributed by atoms with Crippen LogP contribution in [0.5, 0.6) is 0 Å². The van der Waals surface area contributed by atoms with E-state index in [0.717, 1.165) is 12.0 Å². The van der Waals surface area contributed by atoms with Crippen molar-refractivity contribution in [3.05, 3.63) is 29.8 Å². The van der Waals surface area contributed by atoms with Crippen molar-refractivity contribution in [2.45, 2.75) is 59.0 Å². The lowest BCUT2D eigenvalue weighted by molar-refractivity contribution is -0.149. The predicted octanol–water partition coefficient (Wildman–Crippen LogP) is 1.27. The fraction of sp³-hybridized carbons (Fsp3) is 0.476. The number of benzene rings is 1. The Balaban J connectivity index is 2.63. The molecule has 0 fully saturated rings. The highest BCUT2D eigenvalue weighted by molar-refractivity contribution is 6.32. The van der Waals surface area contributed by atoms with E-state index in [1.165, 1.54) is 6.92 Å². The Morgan fingerprint density at radius 1 is 0.900 bits per heavy atom. The highest BCUT2D eigenvalue weighted by Crippen LogP contribution is 2.10. The highest BCUT2D eigenvalue weighted by Gasteiger charge is 2.27. The van der Waals surface area contributed by atoms with Crippen molar-refractivity contribution < 1.29 is 29.1 Å². The molecule has 30 heavy (non-hydrogen) atoms. The second-order valence-electron chi connectivity index (χ2n) is 7.29. The lowest BCUT2D eigenvalue weighted by atomic mass is 10.0. The SMILES string of the molecule is CCc1ccc(NC(=O)C(C)NC(=O)C(NC(=O)CCC(=O)C(=O)O)C(C)C)cc1. The Labute approximate surface area is 175 Å². The van der Waals surface area contributed by atoms with Gasteiger partial charge in [0.25, 0.3) is 0 Å². The summed E-state index contributed by atoms with van der Waals surface area (Å²) in [5.41, 5.74) is 1.74. The van der Waals surface area contributed by atoms with Crippen LogP contribution >= 0.6 is 0 Å². The maximum Gasteiger partial charge on any atom is 0.372 e. The average Bonchev–Trinajstić information content (AvgIpc) is 2.70. The van der Waals surface area contributed by atoms with E-state index in [2.05, 4.69) is 16.0 Å². The quantitative estimate of drug-likeness (QED) is 0.398. The molecule has 1 aromatic rings. The number of anilines is 1. The van der Waals surface area contributed by atoms with E-state index in [1.54, 1.807) is 26.0 Å². The van der Waals surface area contributed by atoms with Gasteiger partial charge in [0.05, 0.1) is 0 Å². The first kappa shape index (κ1) is 24.8. The second-order valence-corrected chi connectivity index (χ2v) is 7.29. The van der Waals surface area contributed by atoms with E-state index in [-0.39, 0.29) is 12.3 Å². The van der Waals surface area contributed by atoms with Gasteiger partial charge in [0.15, 0.2) is 0 Å². The summed E-state index contributed by atoms with van der Waals surface area (Å²) in [6, 6.07) is 5.57. The molecule has 0 radical (unpaired) electrons. The lowest BCUT2D eigenvalue weighted by Crippen LogP contribution is -2.53. The summed E-state index contributed by atoms with van der Waals surface area (Å²) in [5.74, 6) is -4.55. The summed E-state index contributed by atoms with van der Waals surface area (Å²) in [6.45, 7) is 6.98. The molecule has 0 aromatic heterocycles. The second kappa shape index (κ2) is 11.7. The number of hydrogen-bond donors (Lipinski definition) is 4. The molecule has 1 aromatic carbocycles. The summed E-state index contributed by atoms with van der Waals surface area (Å²) >= 11 is 0. The molecule has 9 heteroatoms. The number of carbonyl (C=O) groups is 5. The van der Waals surface area contributed by atoms with Crippen LogP contribution in [-0.2, 0) is 30.4 Å². The fourth-order valence-electron chi connectivity index (χ4n) is 2.56. The molecule has 2 unspecified atom stereocenters. The molecule has 0 heterocycles. The van der Waals surface area contributed by atoms with Crippen LogP contribution < -0.4 is 16.0 Å². The number of aryl methyl sites for hydroxylation is 1. The first-order chi connectivity index (χ1) is 14.0. The Morgan fingerprint density at radius 2 is 1.50 bits per heavy atom. The van der Waals surface area contributed by atoms with Gasteiger partial charge in [-0.3, -0.25) is 19.2 Å². The number of carboxylic acids is 1.